The summed E-state index contributed by atoms with van der Waals surface area (Å²) in [4.78, 5) is 12.2. The monoisotopic (exact) mass is 325 g/mol. The second-order valence-electron chi connectivity index (χ2n) is 5.21. The summed E-state index contributed by atoms with van der Waals surface area (Å²) < 4.78 is 0.855. The van der Waals surface area contributed by atoms with Crippen molar-refractivity contribution in [1.29, 1.82) is 0 Å². The Kier molecular flexibility index (Phi) is 7.14. The summed E-state index contributed by atoms with van der Waals surface area (Å²) in [5.41, 5.74) is 1.82. The van der Waals surface area contributed by atoms with Crippen LogP contribution >= 0.6 is 15.9 Å². The number of amides is 1. The zero-order valence-electron chi connectivity index (χ0n) is 12.1. The lowest BCUT2D eigenvalue weighted by atomic mass is 10.1. The second kappa shape index (κ2) is 8.36. The molecule has 1 aromatic rings. The Labute approximate surface area is 125 Å². The molecule has 106 valence electrons. The summed E-state index contributed by atoms with van der Waals surface area (Å²) in [5, 5.41) is 3.07. The van der Waals surface area contributed by atoms with Gasteiger partial charge >= 0.3 is 0 Å². The van der Waals surface area contributed by atoms with Gasteiger partial charge in [0.25, 0.3) is 5.91 Å². The maximum absolute atomic E-state index is 12.2. The number of rotatable bonds is 7. The van der Waals surface area contributed by atoms with Crippen LogP contribution in [-0.4, -0.2) is 11.9 Å². The summed E-state index contributed by atoms with van der Waals surface area (Å²) in [6.07, 6.45) is 6.02. The van der Waals surface area contributed by atoms with Crippen LogP contribution in [0.25, 0.3) is 0 Å². The van der Waals surface area contributed by atoms with E-state index in [2.05, 4.69) is 35.1 Å². The van der Waals surface area contributed by atoms with Crippen LogP contribution in [0.3, 0.4) is 0 Å². The lowest BCUT2D eigenvalue weighted by Gasteiger charge is -2.14. The molecule has 1 N–H and O–H groups in total. The van der Waals surface area contributed by atoms with Crippen LogP contribution < -0.4 is 5.32 Å². The van der Waals surface area contributed by atoms with Gasteiger partial charge in [-0.25, -0.2) is 0 Å². The SMILES string of the molecule is CCCCCCC(C)NC(=O)c1cc(C)ccc1Br. The molecule has 0 saturated carbocycles. The van der Waals surface area contributed by atoms with Gasteiger partial charge in [-0.05, 0) is 48.3 Å². The third-order valence-electron chi connectivity index (χ3n) is 3.23. The number of carbonyl (C=O) groups excluding carboxylic acids is 1. The van der Waals surface area contributed by atoms with E-state index in [4.69, 9.17) is 0 Å². The van der Waals surface area contributed by atoms with Crippen LogP contribution in [0.4, 0.5) is 0 Å². The summed E-state index contributed by atoms with van der Waals surface area (Å²) in [7, 11) is 0. The van der Waals surface area contributed by atoms with E-state index in [-0.39, 0.29) is 11.9 Å². The molecule has 1 aromatic carbocycles. The van der Waals surface area contributed by atoms with Crippen LogP contribution in [0.5, 0.6) is 0 Å². The molecule has 0 bridgehead atoms. The number of benzene rings is 1. The summed E-state index contributed by atoms with van der Waals surface area (Å²) in [6.45, 7) is 6.28. The van der Waals surface area contributed by atoms with E-state index in [0.29, 0.717) is 0 Å². The highest BCUT2D eigenvalue weighted by Crippen LogP contribution is 2.18. The molecule has 1 rings (SSSR count). The molecule has 0 fully saturated rings. The van der Waals surface area contributed by atoms with Crippen LogP contribution in [0.15, 0.2) is 22.7 Å². The zero-order valence-corrected chi connectivity index (χ0v) is 13.7. The van der Waals surface area contributed by atoms with Gasteiger partial charge in [0, 0.05) is 10.5 Å². The Morgan fingerprint density at radius 2 is 2.05 bits per heavy atom. The molecule has 0 aromatic heterocycles. The van der Waals surface area contributed by atoms with Gasteiger partial charge in [0.05, 0.1) is 5.56 Å². The molecular weight excluding hydrogens is 302 g/mol. The average Bonchev–Trinajstić information content (AvgIpc) is 2.37. The summed E-state index contributed by atoms with van der Waals surface area (Å²) in [6, 6.07) is 6.07. The highest BCUT2D eigenvalue weighted by molar-refractivity contribution is 9.10. The van der Waals surface area contributed by atoms with Crippen molar-refractivity contribution in [3.05, 3.63) is 33.8 Å². The Hall–Kier alpha value is -0.830. The highest BCUT2D eigenvalue weighted by atomic mass is 79.9. The molecule has 3 heteroatoms. The van der Waals surface area contributed by atoms with Gasteiger partial charge < -0.3 is 5.32 Å². The van der Waals surface area contributed by atoms with Gasteiger partial charge in [0.2, 0.25) is 0 Å². The van der Waals surface area contributed by atoms with Gasteiger partial charge in [0.15, 0.2) is 0 Å². The van der Waals surface area contributed by atoms with E-state index in [0.717, 1.165) is 22.0 Å². The number of hydrogen-bond donors (Lipinski definition) is 1. The number of carbonyl (C=O) groups is 1. The quantitative estimate of drug-likeness (QED) is 0.713. The van der Waals surface area contributed by atoms with Crippen LogP contribution in [0.1, 0.15) is 61.9 Å². The topological polar surface area (TPSA) is 29.1 Å². The molecule has 2 nitrogen and oxygen atoms in total. The Morgan fingerprint density at radius 1 is 1.32 bits per heavy atom. The first-order valence-corrected chi connectivity index (χ1v) is 7.91. The van der Waals surface area contributed by atoms with Gasteiger partial charge in [-0.3, -0.25) is 4.79 Å². The fraction of sp³-hybridized carbons (Fsp3) is 0.562. The summed E-state index contributed by atoms with van der Waals surface area (Å²) >= 11 is 3.43. The van der Waals surface area contributed by atoms with E-state index in [1.54, 1.807) is 0 Å². The first-order valence-electron chi connectivity index (χ1n) is 7.11. The lowest BCUT2D eigenvalue weighted by molar-refractivity contribution is 0.0937. The van der Waals surface area contributed by atoms with Crippen molar-refractivity contribution in [1.82, 2.24) is 5.32 Å². The minimum absolute atomic E-state index is 0.0126. The van der Waals surface area contributed by atoms with Crippen molar-refractivity contribution in [2.75, 3.05) is 0 Å². The predicted molar refractivity (Wildman–Crippen MR) is 84.6 cm³/mol. The van der Waals surface area contributed by atoms with Crippen molar-refractivity contribution in [2.24, 2.45) is 0 Å². The molecule has 0 aliphatic rings. The Bertz CT molecular complexity index is 417. The van der Waals surface area contributed by atoms with E-state index in [9.17, 15) is 4.79 Å². The second-order valence-corrected chi connectivity index (χ2v) is 6.06. The molecule has 0 saturated heterocycles. The molecule has 1 unspecified atom stereocenters. The zero-order chi connectivity index (χ0) is 14.3. The molecule has 0 radical (unpaired) electrons. The van der Waals surface area contributed by atoms with Gasteiger partial charge in [-0.2, -0.15) is 0 Å². The van der Waals surface area contributed by atoms with Crippen molar-refractivity contribution >= 4 is 21.8 Å². The third-order valence-corrected chi connectivity index (χ3v) is 3.93. The molecule has 19 heavy (non-hydrogen) atoms. The maximum atomic E-state index is 12.2. The van der Waals surface area contributed by atoms with Gasteiger partial charge in [0.1, 0.15) is 0 Å². The predicted octanol–water partition coefficient (Wildman–Crippen LogP) is 4.85. The molecule has 0 aliphatic carbocycles. The van der Waals surface area contributed by atoms with Gasteiger partial charge in [-0.15, -0.1) is 0 Å². The molecule has 0 heterocycles. The van der Waals surface area contributed by atoms with E-state index < -0.39 is 0 Å². The molecule has 0 spiro atoms. The van der Waals surface area contributed by atoms with Crippen LogP contribution in [0.2, 0.25) is 0 Å². The van der Waals surface area contributed by atoms with Crippen molar-refractivity contribution in [3.8, 4) is 0 Å². The minimum Gasteiger partial charge on any atom is -0.350 e. The molecule has 0 aliphatic heterocycles. The molecule has 1 amide bonds. The fourth-order valence-electron chi connectivity index (χ4n) is 2.06. The Morgan fingerprint density at radius 3 is 2.74 bits per heavy atom. The maximum Gasteiger partial charge on any atom is 0.252 e. The number of halogens is 1. The largest absolute Gasteiger partial charge is 0.350 e. The smallest absolute Gasteiger partial charge is 0.252 e. The van der Waals surface area contributed by atoms with E-state index in [1.165, 1.54) is 25.7 Å². The standard InChI is InChI=1S/C16H24BrNO/c1-4-5-6-7-8-13(3)18-16(19)14-11-12(2)9-10-15(14)17/h9-11,13H,4-8H2,1-3H3,(H,18,19). The van der Waals surface area contributed by atoms with Crippen LogP contribution in [0, 0.1) is 6.92 Å². The number of nitrogens with one attached hydrogen (secondary N) is 1. The third kappa shape index (κ3) is 5.77. The number of unbranched alkanes of at least 4 members (excludes halogenated alkanes) is 3. The number of hydrogen-bond acceptors (Lipinski definition) is 1. The normalized spacial score (nSPS) is 12.2. The lowest BCUT2D eigenvalue weighted by Crippen LogP contribution is -2.32. The average molecular weight is 326 g/mol. The fourth-order valence-corrected chi connectivity index (χ4v) is 2.49. The van der Waals surface area contributed by atoms with E-state index in [1.807, 2.05) is 25.1 Å². The molecular formula is C16H24BrNO. The summed E-state index contributed by atoms with van der Waals surface area (Å²) in [5.74, 6) is 0.0126. The first kappa shape index (κ1) is 16.2. The number of aryl methyl sites for hydroxylation is 1. The van der Waals surface area contributed by atoms with Gasteiger partial charge in [-0.1, -0.05) is 44.2 Å². The van der Waals surface area contributed by atoms with Crippen LogP contribution in [-0.2, 0) is 0 Å². The Balaban J connectivity index is 2.47. The minimum atomic E-state index is 0.0126. The molecule has 1 atom stereocenters. The first-order chi connectivity index (χ1) is 9.04. The van der Waals surface area contributed by atoms with E-state index >= 15 is 0 Å². The van der Waals surface area contributed by atoms with Crippen molar-refractivity contribution < 1.29 is 4.79 Å². The highest BCUT2D eigenvalue weighted by Gasteiger charge is 2.12. The van der Waals surface area contributed by atoms with Crippen molar-refractivity contribution in [2.45, 2.75) is 58.9 Å². The van der Waals surface area contributed by atoms with Crippen molar-refractivity contribution in [3.63, 3.8) is 0 Å².